The molecule has 0 amide bonds. The molecule has 0 aliphatic carbocycles. The molecular weight excluding hydrogens is 214 g/mol. The average molecular weight is 233 g/mol. The molecule has 1 heterocycles. The van der Waals surface area contributed by atoms with Crippen LogP contribution in [0.4, 0.5) is 0 Å². The van der Waals surface area contributed by atoms with Crippen molar-refractivity contribution in [1.82, 2.24) is 4.98 Å². The second-order valence-corrected chi connectivity index (χ2v) is 3.85. The number of aromatic nitrogens is 1. The normalized spacial score (nSPS) is 9.82. The van der Waals surface area contributed by atoms with E-state index < -0.39 is 5.97 Å². The summed E-state index contributed by atoms with van der Waals surface area (Å²) < 4.78 is 0. The molecule has 0 saturated heterocycles. The molecule has 0 aliphatic heterocycles. The van der Waals surface area contributed by atoms with Crippen LogP contribution in [0.5, 0.6) is 0 Å². The molecule has 0 spiro atoms. The number of aromatic amines is 1. The van der Waals surface area contributed by atoms with Gasteiger partial charge in [-0.15, -0.1) is 0 Å². The number of carboxylic acids is 1. The molecule has 2 N–H and O–H groups in total. The van der Waals surface area contributed by atoms with E-state index in [2.05, 4.69) is 43.1 Å². The topological polar surface area (TPSA) is 53.1 Å². The highest BCUT2D eigenvalue weighted by Crippen LogP contribution is 2.22. The first-order valence-electron chi connectivity index (χ1n) is 5.88. The number of para-hydroxylation sites is 1. The van der Waals surface area contributed by atoms with E-state index in [1.807, 2.05) is 0 Å². The molecule has 17 heavy (non-hydrogen) atoms. The van der Waals surface area contributed by atoms with Crippen molar-refractivity contribution in [3.8, 4) is 0 Å². The van der Waals surface area contributed by atoms with E-state index >= 15 is 0 Å². The standard InChI is InChI=1S/C12H15N.C2H4O2/c1-3-9-10-7-5-6-8-12(10)13-11(9)4-2;1-2(3)4/h5-8,13H,3-4H2,1-2H3;1H3,(H,3,4). The van der Waals surface area contributed by atoms with Crippen LogP contribution in [0.2, 0.25) is 0 Å². The van der Waals surface area contributed by atoms with Crippen molar-refractivity contribution in [1.29, 1.82) is 0 Å². The van der Waals surface area contributed by atoms with Gasteiger partial charge in [0.25, 0.3) is 5.97 Å². The van der Waals surface area contributed by atoms with Gasteiger partial charge in [0.05, 0.1) is 0 Å². The largest absolute Gasteiger partial charge is 0.481 e. The minimum Gasteiger partial charge on any atom is -0.481 e. The van der Waals surface area contributed by atoms with Crippen molar-refractivity contribution in [2.75, 3.05) is 0 Å². The van der Waals surface area contributed by atoms with Gasteiger partial charge in [-0.3, -0.25) is 4.79 Å². The van der Waals surface area contributed by atoms with Gasteiger partial charge in [-0.2, -0.15) is 0 Å². The lowest BCUT2D eigenvalue weighted by Gasteiger charge is -1.96. The predicted molar refractivity (Wildman–Crippen MR) is 70.4 cm³/mol. The minimum atomic E-state index is -0.833. The number of aliphatic carboxylic acids is 1. The van der Waals surface area contributed by atoms with Crippen molar-refractivity contribution in [2.24, 2.45) is 0 Å². The van der Waals surface area contributed by atoms with Crippen molar-refractivity contribution in [3.05, 3.63) is 35.5 Å². The molecule has 3 nitrogen and oxygen atoms in total. The highest BCUT2D eigenvalue weighted by Gasteiger charge is 2.06. The summed E-state index contributed by atoms with van der Waals surface area (Å²) in [5.74, 6) is -0.833. The molecular formula is C14H19NO2. The second-order valence-electron chi connectivity index (χ2n) is 3.85. The first-order chi connectivity index (χ1) is 8.10. The van der Waals surface area contributed by atoms with Gasteiger partial charge >= 0.3 is 0 Å². The third kappa shape index (κ3) is 3.34. The quantitative estimate of drug-likeness (QED) is 0.835. The van der Waals surface area contributed by atoms with Crippen molar-refractivity contribution in [2.45, 2.75) is 33.6 Å². The maximum absolute atomic E-state index is 9.00. The molecule has 1 aromatic heterocycles. The van der Waals surface area contributed by atoms with Crippen molar-refractivity contribution >= 4 is 16.9 Å². The molecule has 0 radical (unpaired) electrons. The fourth-order valence-corrected chi connectivity index (χ4v) is 1.96. The zero-order chi connectivity index (χ0) is 12.8. The number of fused-ring (bicyclic) bond motifs is 1. The van der Waals surface area contributed by atoms with Gasteiger partial charge in [-0.05, 0) is 24.5 Å². The minimum absolute atomic E-state index is 0.833. The number of carboxylic acid groups (broad SMARTS) is 1. The number of nitrogens with one attached hydrogen (secondary N) is 1. The lowest BCUT2D eigenvalue weighted by atomic mass is 10.1. The van der Waals surface area contributed by atoms with Gasteiger partial charge in [-0.25, -0.2) is 0 Å². The molecule has 0 atom stereocenters. The summed E-state index contributed by atoms with van der Waals surface area (Å²) in [6, 6.07) is 8.53. The molecule has 2 rings (SSSR count). The van der Waals surface area contributed by atoms with Gasteiger partial charge in [0, 0.05) is 23.5 Å². The maximum Gasteiger partial charge on any atom is 0.300 e. The van der Waals surface area contributed by atoms with Gasteiger partial charge in [0.2, 0.25) is 0 Å². The Morgan fingerprint density at radius 3 is 2.35 bits per heavy atom. The second kappa shape index (κ2) is 6.09. The first kappa shape index (κ1) is 13.3. The summed E-state index contributed by atoms with van der Waals surface area (Å²) in [6.07, 6.45) is 2.21. The zero-order valence-electron chi connectivity index (χ0n) is 10.6. The Morgan fingerprint density at radius 2 is 1.82 bits per heavy atom. The predicted octanol–water partition coefficient (Wildman–Crippen LogP) is 3.38. The van der Waals surface area contributed by atoms with E-state index in [4.69, 9.17) is 9.90 Å². The van der Waals surface area contributed by atoms with Crippen LogP contribution in [0.3, 0.4) is 0 Å². The maximum atomic E-state index is 9.00. The lowest BCUT2D eigenvalue weighted by molar-refractivity contribution is -0.134. The van der Waals surface area contributed by atoms with Crippen molar-refractivity contribution in [3.63, 3.8) is 0 Å². The molecule has 0 fully saturated rings. The molecule has 92 valence electrons. The molecule has 0 saturated carbocycles. The number of hydrogen-bond acceptors (Lipinski definition) is 1. The van der Waals surface area contributed by atoms with Crippen LogP contribution in [0.25, 0.3) is 10.9 Å². The zero-order valence-corrected chi connectivity index (χ0v) is 10.6. The molecule has 2 aromatic rings. The van der Waals surface area contributed by atoms with Crippen LogP contribution >= 0.6 is 0 Å². The van der Waals surface area contributed by atoms with Crippen LogP contribution in [0, 0.1) is 0 Å². The summed E-state index contributed by atoms with van der Waals surface area (Å²) in [5, 5.41) is 8.81. The molecule has 0 aliphatic rings. The van der Waals surface area contributed by atoms with Crippen LogP contribution < -0.4 is 0 Å². The number of carbonyl (C=O) groups is 1. The number of benzene rings is 1. The Balaban J connectivity index is 0.000000317. The summed E-state index contributed by atoms with van der Waals surface area (Å²) in [7, 11) is 0. The molecule has 3 heteroatoms. The molecule has 0 bridgehead atoms. The molecule has 0 unspecified atom stereocenters. The highest BCUT2D eigenvalue weighted by atomic mass is 16.4. The fourth-order valence-electron chi connectivity index (χ4n) is 1.96. The average Bonchev–Trinajstić information content (AvgIpc) is 2.65. The van der Waals surface area contributed by atoms with E-state index in [0.717, 1.165) is 19.8 Å². The third-order valence-corrected chi connectivity index (χ3v) is 2.61. The SMILES string of the molecule is CC(=O)O.CCc1[nH]c2ccccc2c1CC. The van der Waals surface area contributed by atoms with Gasteiger partial charge in [0.1, 0.15) is 0 Å². The van der Waals surface area contributed by atoms with Crippen LogP contribution in [-0.2, 0) is 17.6 Å². The Kier molecular flexibility index (Phi) is 4.76. The summed E-state index contributed by atoms with van der Waals surface area (Å²) in [6.45, 7) is 5.50. The van der Waals surface area contributed by atoms with Gasteiger partial charge < -0.3 is 10.1 Å². The van der Waals surface area contributed by atoms with E-state index in [1.165, 1.54) is 22.2 Å². The van der Waals surface area contributed by atoms with Crippen LogP contribution in [0.1, 0.15) is 32.0 Å². The summed E-state index contributed by atoms with van der Waals surface area (Å²) in [4.78, 5) is 12.5. The number of H-pyrrole nitrogens is 1. The van der Waals surface area contributed by atoms with Gasteiger partial charge in [-0.1, -0.05) is 32.0 Å². The van der Waals surface area contributed by atoms with Crippen molar-refractivity contribution < 1.29 is 9.90 Å². The fraction of sp³-hybridized carbons (Fsp3) is 0.357. The number of rotatable bonds is 2. The number of aryl methyl sites for hydroxylation is 2. The van der Waals surface area contributed by atoms with Crippen LogP contribution in [0.15, 0.2) is 24.3 Å². The first-order valence-corrected chi connectivity index (χ1v) is 5.88. The Labute approximate surface area is 101 Å². The third-order valence-electron chi connectivity index (χ3n) is 2.61. The van der Waals surface area contributed by atoms with E-state index in [1.54, 1.807) is 0 Å². The number of hydrogen-bond donors (Lipinski definition) is 2. The summed E-state index contributed by atoms with van der Waals surface area (Å²) >= 11 is 0. The highest BCUT2D eigenvalue weighted by molar-refractivity contribution is 5.84. The Morgan fingerprint density at radius 1 is 1.24 bits per heavy atom. The molecule has 1 aromatic carbocycles. The van der Waals surface area contributed by atoms with Crippen LogP contribution in [-0.4, -0.2) is 16.1 Å². The van der Waals surface area contributed by atoms with E-state index in [-0.39, 0.29) is 0 Å². The monoisotopic (exact) mass is 233 g/mol. The Bertz CT molecular complexity index is 496. The lowest BCUT2D eigenvalue weighted by Crippen LogP contribution is -1.86. The van der Waals surface area contributed by atoms with Gasteiger partial charge in [0.15, 0.2) is 0 Å². The smallest absolute Gasteiger partial charge is 0.300 e. The Hall–Kier alpha value is -1.77. The van der Waals surface area contributed by atoms with E-state index in [9.17, 15) is 0 Å². The van der Waals surface area contributed by atoms with E-state index in [0.29, 0.717) is 0 Å². The summed E-state index contributed by atoms with van der Waals surface area (Å²) in [5.41, 5.74) is 4.15.